The Bertz CT molecular complexity index is 742. The van der Waals surface area contributed by atoms with E-state index in [1.54, 1.807) is 13.3 Å². The van der Waals surface area contributed by atoms with Crippen molar-refractivity contribution < 1.29 is 4.74 Å². The summed E-state index contributed by atoms with van der Waals surface area (Å²) >= 11 is 5.36. The molecule has 0 spiro atoms. The molecule has 0 aliphatic carbocycles. The van der Waals surface area contributed by atoms with Crippen LogP contribution in [0.25, 0.3) is 11.0 Å². The predicted octanol–water partition coefficient (Wildman–Crippen LogP) is 2.60. The third-order valence-electron chi connectivity index (χ3n) is 3.09. The van der Waals surface area contributed by atoms with E-state index in [4.69, 9.17) is 17.0 Å². The molecule has 2 aromatic heterocycles. The monoisotopic (exact) mass is 274 g/mol. The summed E-state index contributed by atoms with van der Waals surface area (Å²) < 4.78 is 9.90. The Balaban J connectivity index is 1.94. The van der Waals surface area contributed by atoms with Crippen LogP contribution in [0.5, 0.6) is 5.75 Å². The molecule has 0 radical (unpaired) electrons. The van der Waals surface area contributed by atoms with Gasteiger partial charge in [0.15, 0.2) is 4.77 Å². The van der Waals surface area contributed by atoms with Crippen LogP contribution in [0.1, 0.15) is 0 Å². The van der Waals surface area contributed by atoms with Crippen LogP contribution in [0.15, 0.2) is 36.7 Å². The van der Waals surface area contributed by atoms with Crippen LogP contribution in [0, 0.1) is 4.77 Å². The fraction of sp³-hybridized carbons (Fsp3) is 0.231. The van der Waals surface area contributed by atoms with Gasteiger partial charge < -0.3 is 14.3 Å². The van der Waals surface area contributed by atoms with Gasteiger partial charge in [0.1, 0.15) is 5.75 Å². The minimum atomic E-state index is 0.718. The summed E-state index contributed by atoms with van der Waals surface area (Å²) in [6.45, 7) is 1.58. The molecule has 0 saturated heterocycles. The number of nitrogens with one attached hydrogen (secondary N) is 1. The number of methoxy groups -OCH3 is 1. The average Bonchev–Trinajstić information content (AvgIpc) is 3.02. The average molecular weight is 274 g/mol. The Morgan fingerprint density at radius 2 is 2.26 bits per heavy atom. The van der Waals surface area contributed by atoms with Crippen molar-refractivity contribution in [1.82, 2.24) is 19.3 Å². The van der Waals surface area contributed by atoms with E-state index < -0.39 is 0 Å². The van der Waals surface area contributed by atoms with Crippen LogP contribution in [-0.2, 0) is 13.1 Å². The lowest BCUT2D eigenvalue weighted by atomic mass is 10.3. The number of aryl methyl sites for hydroxylation is 2. The zero-order chi connectivity index (χ0) is 13.2. The minimum Gasteiger partial charge on any atom is -0.497 e. The van der Waals surface area contributed by atoms with Gasteiger partial charge >= 0.3 is 0 Å². The maximum atomic E-state index is 5.36. The second-order valence-corrected chi connectivity index (χ2v) is 4.62. The normalized spacial score (nSPS) is 11.0. The second-order valence-electron chi connectivity index (χ2n) is 4.23. The number of imidazole rings is 1. The molecule has 98 valence electrons. The Kier molecular flexibility index (Phi) is 3.08. The Hall–Kier alpha value is -2.08. The van der Waals surface area contributed by atoms with Gasteiger partial charge in [0.25, 0.3) is 0 Å². The van der Waals surface area contributed by atoms with Crippen LogP contribution in [-0.4, -0.2) is 26.4 Å². The summed E-state index contributed by atoms with van der Waals surface area (Å²) in [5.74, 6) is 0.822. The number of H-pyrrole nitrogens is 1. The van der Waals surface area contributed by atoms with Crippen molar-refractivity contribution in [3.63, 3.8) is 0 Å². The van der Waals surface area contributed by atoms with Gasteiger partial charge in [-0.2, -0.15) is 5.10 Å². The fourth-order valence-corrected chi connectivity index (χ4v) is 2.43. The summed E-state index contributed by atoms with van der Waals surface area (Å²) in [4.78, 5) is 3.20. The molecule has 3 aromatic rings. The summed E-state index contributed by atoms with van der Waals surface area (Å²) in [6, 6.07) is 7.83. The summed E-state index contributed by atoms with van der Waals surface area (Å²) in [5, 5.41) is 4.19. The number of hydrogen-bond donors (Lipinski definition) is 1. The highest BCUT2D eigenvalue weighted by Crippen LogP contribution is 2.20. The minimum absolute atomic E-state index is 0.718. The molecular weight excluding hydrogens is 260 g/mol. The lowest BCUT2D eigenvalue weighted by Crippen LogP contribution is -2.07. The number of benzene rings is 1. The lowest BCUT2D eigenvalue weighted by Gasteiger charge is -2.05. The molecule has 0 aliphatic heterocycles. The van der Waals surface area contributed by atoms with Gasteiger partial charge in [-0.25, -0.2) is 0 Å². The van der Waals surface area contributed by atoms with E-state index in [-0.39, 0.29) is 0 Å². The molecule has 0 unspecified atom stereocenters. The molecule has 5 nitrogen and oxygen atoms in total. The van der Waals surface area contributed by atoms with E-state index in [1.807, 2.05) is 35.1 Å². The highest BCUT2D eigenvalue weighted by atomic mass is 32.1. The maximum absolute atomic E-state index is 5.36. The summed E-state index contributed by atoms with van der Waals surface area (Å²) in [5.41, 5.74) is 2.07. The first kappa shape index (κ1) is 12.0. The molecule has 1 N–H and O–H groups in total. The molecule has 0 amide bonds. The van der Waals surface area contributed by atoms with Crippen LogP contribution in [0.4, 0.5) is 0 Å². The molecule has 0 saturated carbocycles. The van der Waals surface area contributed by atoms with Gasteiger partial charge in [0.2, 0.25) is 0 Å². The molecule has 19 heavy (non-hydrogen) atoms. The Labute approximate surface area is 115 Å². The van der Waals surface area contributed by atoms with Crippen LogP contribution >= 0.6 is 12.2 Å². The zero-order valence-corrected chi connectivity index (χ0v) is 11.4. The first-order valence-corrected chi connectivity index (χ1v) is 6.43. The standard InChI is InChI=1S/C13H14N4OS/c1-18-10-3-4-12-11(9-10)15-13(19)17(12)8-7-16-6-2-5-14-16/h2-6,9H,7-8H2,1H3,(H,15,19). The number of hydrogen-bond acceptors (Lipinski definition) is 3. The van der Waals surface area contributed by atoms with E-state index in [1.165, 1.54) is 0 Å². The molecule has 0 aliphatic rings. The highest BCUT2D eigenvalue weighted by molar-refractivity contribution is 7.71. The van der Waals surface area contributed by atoms with Gasteiger partial charge in [0.05, 0.1) is 24.7 Å². The topological polar surface area (TPSA) is 47.8 Å². The number of rotatable bonds is 4. The van der Waals surface area contributed by atoms with Crippen molar-refractivity contribution in [2.45, 2.75) is 13.1 Å². The summed E-state index contributed by atoms with van der Waals surface area (Å²) in [6.07, 6.45) is 3.72. The van der Waals surface area contributed by atoms with Gasteiger partial charge in [-0.1, -0.05) is 0 Å². The third kappa shape index (κ3) is 2.26. The maximum Gasteiger partial charge on any atom is 0.178 e. The van der Waals surface area contributed by atoms with E-state index in [0.29, 0.717) is 0 Å². The van der Waals surface area contributed by atoms with Crippen LogP contribution in [0.2, 0.25) is 0 Å². The first-order chi connectivity index (χ1) is 9.28. The first-order valence-electron chi connectivity index (χ1n) is 6.02. The molecule has 3 rings (SSSR count). The number of fused-ring (bicyclic) bond motifs is 1. The SMILES string of the molecule is COc1ccc2c(c1)[nH]c(=S)n2CCn1cccn1. The van der Waals surface area contributed by atoms with Crippen molar-refractivity contribution in [2.24, 2.45) is 0 Å². The van der Waals surface area contributed by atoms with Crippen LogP contribution in [0.3, 0.4) is 0 Å². The number of nitrogens with zero attached hydrogens (tertiary/aromatic N) is 3. The molecule has 2 heterocycles. The highest BCUT2D eigenvalue weighted by Gasteiger charge is 2.05. The van der Waals surface area contributed by atoms with Gasteiger partial charge in [-0.3, -0.25) is 4.68 Å². The Morgan fingerprint density at radius 1 is 1.37 bits per heavy atom. The lowest BCUT2D eigenvalue weighted by molar-refractivity contribution is 0.415. The number of aromatic amines is 1. The fourth-order valence-electron chi connectivity index (χ4n) is 2.13. The Morgan fingerprint density at radius 3 is 3.00 bits per heavy atom. The molecule has 0 bridgehead atoms. The quantitative estimate of drug-likeness (QED) is 0.744. The number of aromatic nitrogens is 4. The molecule has 1 aromatic carbocycles. The van der Waals surface area contributed by atoms with Gasteiger partial charge in [-0.05, 0) is 30.4 Å². The van der Waals surface area contributed by atoms with Crippen molar-refractivity contribution in [3.8, 4) is 5.75 Å². The number of ether oxygens (including phenoxy) is 1. The molecule has 6 heteroatoms. The second kappa shape index (κ2) is 4.89. The molecular formula is C13H14N4OS. The third-order valence-corrected chi connectivity index (χ3v) is 3.42. The van der Waals surface area contributed by atoms with Crippen molar-refractivity contribution >= 4 is 23.3 Å². The van der Waals surface area contributed by atoms with Crippen LogP contribution < -0.4 is 4.74 Å². The van der Waals surface area contributed by atoms with Gasteiger partial charge in [0, 0.05) is 25.0 Å². The largest absolute Gasteiger partial charge is 0.497 e. The zero-order valence-electron chi connectivity index (χ0n) is 10.5. The smallest absolute Gasteiger partial charge is 0.178 e. The van der Waals surface area contributed by atoms with E-state index in [9.17, 15) is 0 Å². The van der Waals surface area contributed by atoms with E-state index >= 15 is 0 Å². The van der Waals surface area contributed by atoms with Crippen molar-refractivity contribution in [2.75, 3.05) is 7.11 Å². The van der Waals surface area contributed by atoms with Crippen molar-refractivity contribution in [1.29, 1.82) is 0 Å². The van der Waals surface area contributed by atoms with E-state index in [0.717, 1.165) is 34.6 Å². The summed E-state index contributed by atoms with van der Waals surface area (Å²) in [7, 11) is 1.66. The van der Waals surface area contributed by atoms with Gasteiger partial charge in [-0.15, -0.1) is 0 Å². The van der Waals surface area contributed by atoms with Crippen molar-refractivity contribution in [3.05, 3.63) is 41.4 Å². The molecule has 0 fully saturated rings. The van der Waals surface area contributed by atoms with E-state index in [2.05, 4.69) is 14.6 Å². The predicted molar refractivity (Wildman–Crippen MR) is 75.9 cm³/mol. The molecule has 0 atom stereocenters.